The van der Waals surface area contributed by atoms with E-state index < -0.39 is 5.97 Å². The number of thiazole rings is 1. The van der Waals surface area contributed by atoms with E-state index in [4.69, 9.17) is 0 Å². The van der Waals surface area contributed by atoms with Gasteiger partial charge in [0.1, 0.15) is 10.6 Å². The number of nitrogens with zero attached hydrogens (tertiary/aromatic N) is 2. The summed E-state index contributed by atoms with van der Waals surface area (Å²) in [6.07, 6.45) is 0. The summed E-state index contributed by atoms with van der Waals surface area (Å²) in [6, 6.07) is 11.0. The van der Waals surface area contributed by atoms with Crippen LogP contribution in [0.15, 0.2) is 36.4 Å². The number of ether oxygens (including phenoxy) is 1. The number of esters is 1. The maximum Gasteiger partial charge on any atom is 0.350 e. The van der Waals surface area contributed by atoms with Crippen molar-refractivity contribution in [2.45, 2.75) is 6.92 Å². The van der Waals surface area contributed by atoms with E-state index in [1.807, 2.05) is 30.3 Å². The van der Waals surface area contributed by atoms with Crippen LogP contribution in [-0.2, 0) is 4.74 Å². The van der Waals surface area contributed by atoms with Gasteiger partial charge in [0.05, 0.1) is 18.3 Å². The van der Waals surface area contributed by atoms with Crippen molar-refractivity contribution in [1.29, 1.82) is 0 Å². The van der Waals surface area contributed by atoms with Gasteiger partial charge in [-0.25, -0.2) is 14.8 Å². The number of pyridine rings is 1. The topological polar surface area (TPSA) is 81.2 Å². The van der Waals surface area contributed by atoms with Crippen molar-refractivity contribution in [3.63, 3.8) is 0 Å². The standard InChI is InChI=1S/C16H13N3O3S/c1-9-13(15(21)22-2)23-16(17-9)19-14(20)12-8-7-10-5-3-4-6-11(10)18-12/h3-8H,1-2H3,(H,17,19,20). The molecule has 0 radical (unpaired) electrons. The summed E-state index contributed by atoms with van der Waals surface area (Å²) in [5.41, 5.74) is 1.55. The Morgan fingerprint density at radius 3 is 2.70 bits per heavy atom. The van der Waals surface area contributed by atoms with Crippen LogP contribution < -0.4 is 5.32 Å². The number of aromatic nitrogens is 2. The van der Waals surface area contributed by atoms with Crippen molar-refractivity contribution < 1.29 is 14.3 Å². The zero-order valence-electron chi connectivity index (χ0n) is 12.5. The van der Waals surface area contributed by atoms with Crippen molar-refractivity contribution in [3.8, 4) is 0 Å². The first-order chi connectivity index (χ1) is 11.1. The van der Waals surface area contributed by atoms with E-state index in [1.165, 1.54) is 7.11 Å². The number of rotatable bonds is 3. The molecular weight excluding hydrogens is 314 g/mol. The molecule has 0 aliphatic rings. The fourth-order valence-electron chi connectivity index (χ4n) is 2.09. The van der Waals surface area contributed by atoms with Crippen LogP contribution >= 0.6 is 11.3 Å². The molecule has 0 aliphatic carbocycles. The Hall–Kier alpha value is -2.80. The van der Waals surface area contributed by atoms with Crippen LogP contribution in [0.3, 0.4) is 0 Å². The Bertz CT molecular complexity index is 904. The Morgan fingerprint density at radius 1 is 1.13 bits per heavy atom. The van der Waals surface area contributed by atoms with Gasteiger partial charge in [0.15, 0.2) is 5.13 Å². The van der Waals surface area contributed by atoms with Crippen LogP contribution in [0.1, 0.15) is 25.9 Å². The van der Waals surface area contributed by atoms with Crippen molar-refractivity contribution in [2.24, 2.45) is 0 Å². The van der Waals surface area contributed by atoms with E-state index in [9.17, 15) is 9.59 Å². The first-order valence-electron chi connectivity index (χ1n) is 6.81. The molecule has 3 aromatic rings. The number of carbonyl (C=O) groups excluding carboxylic acids is 2. The Labute approximate surface area is 136 Å². The van der Waals surface area contributed by atoms with Gasteiger partial charge in [0.2, 0.25) is 0 Å². The van der Waals surface area contributed by atoms with Gasteiger partial charge in [0, 0.05) is 5.39 Å². The van der Waals surface area contributed by atoms with Crippen LogP contribution in [0.4, 0.5) is 5.13 Å². The van der Waals surface area contributed by atoms with E-state index in [1.54, 1.807) is 13.0 Å². The number of anilines is 1. The normalized spacial score (nSPS) is 10.5. The van der Waals surface area contributed by atoms with E-state index in [0.717, 1.165) is 22.2 Å². The molecule has 1 N–H and O–H groups in total. The second kappa shape index (κ2) is 6.13. The molecule has 0 spiro atoms. The molecule has 0 unspecified atom stereocenters. The summed E-state index contributed by atoms with van der Waals surface area (Å²) in [6.45, 7) is 1.69. The van der Waals surface area contributed by atoms with Crippen LogP contribution in [-0.4, -0.2) is 29.0 Å². The quantitative estimate of drug-likeness (QED) is 0.748. The maximum absolute atomic E-state index is 12.3. The smallest absolute Gasteiger partial charge is 0.350 e. The van der Waals surface area contributed by atoms with Gasteiger partial charge in [-0.2, -0.15) is 0 Å². The Balaban J connectivity index is 1.84. The molecule has 1 amide bonds. The molecule has 1 aromatic carbocycles. The van der Waals surface area contributed by atoms with Gasteiger partial charge in [0.25, 0.3) is 5.91 Å². The maximum atomic E-state index is 12.3. The molecule has 116 valence electrons. The average Bonchev–Trinajstić information content (AvgIpc) is 2.94. The number of aryl methyl sites for hydroxylation is 1. The second-order valence-corrected chi connectivity index (χ2v) is 5.77. The van der Waals surface area contributed by atoms with Crippen LogP contribution in [0.25, 0.3) is 10.9 Å². The van der Waals surface area contributed by atoms with Crippen LogP contribution in [0.5, 0.6) is 0 Å². The SMILES string of the molecule is COC(=O)c1sc(NC(=O)c2ccc3ccccc3n2)nc1C. The number of hydrogen-bond acceptors (Lipinski definition) is 6. The van der Waals surface area contributed by atoms with Gasteiger partial charge in [-0.15, -0.1) is 0 Å². The molecule has 2 aromatic heterocycles. The second-order valence-electron chi connectivity index (χ2n) is 4.77. The number of fused-ring (bicyclic) bond motifs is 1. The molecule has 2 heterocycles. The molecular formula is C16H13N3O3S. The van der Waals surface area contributed by atoms with Gasteiger partial charge >= 0.3 is 5.97 Å². The molecule has 0 fully saturated rings. The molecule has 6 nitrogen and oxygen atoms in total. The van der Waals surface area contributed by atoms with E-state index in [2.05, 4.69) is 20.0 Å². The molecule has 0 atom stereocenters. The van der Waals surface area contributed by atoms with E-state index in [0.29, 0.717) is 15.7 Å². The average molecular weight is 327 g/mol. The van der Waals surface area contributed by atoms with Gasteiger partial charge < -0.3 is 4.74 Å². The highest BCUT2D eigenvalue weighted by Crippen LogP contribution is 2.23. The molecule has 0 saturated carbocycles. The van der Waals surface area contributed by atoms with E-state index in [-0.39, 0.29) is 11.6 Å². The summed E-state index contributed by atoms with van der Waals surface area (Å²) in [4.78, 5) is 32.7. The Kier molecular flexibility index (Phi) is 4.03. The monoisotopic (exact) mass is 327 g/mol. The first-order valence-corrected chi connectivity index (χ1v) is 7.63. The Morgan fingerprint density at radius 2 is 1.91 bits per heavy atom. The van der Waals surface area contributed by atoms with Crippen LogP contribution in [0.2, 0.25) is 0 Å². The number of nitrogens with one attached hydrogen (secondary N) is 1. The minimum absolute atomic E-state index is 0.288. The predicted octanol–water partition coefficient (Wildman–Crippen LogP) is 3.04. The predicted molar refractivity (Wildman–Crippen MR) is 87.9 cm³/mol. The third-order valence-corrected chi connectivity index (χ3v) is 4.27. The number of amides is 1. The number of benzene rings is 1. The third kappa shape index (κ3) is 3.04. The lowest BCUT2D eigenvalue weighted by atomic mass is 10.2. The number of para-hydroxylation sites is 1. The lowest BCUT2D eigenvalue weighted by molar-refractivity contribution is 0.0605. The molecule has 23 heavy (non-hydrogen) atoms. The minimum atomic E-state index is -0.468. The lowest BCUT2D eigenvalue weighted by Gasteiger charge is -2.02. The van der Waals surface area contributed by atoms with Crippen molar-refractivity contribution >= 4 is 39.2 Å². The molecule has 0 aliphatic heterocycles. The summed E-state index contributed by atoms with van der Waals surface area (Å²) < 4.78 is 4.67. The van der Waals surface area contributed by atoms with Gasteiger partial charge in [-0.1, -0.05) is 35.6 Å². The van der Waals surface area contributed by atoms with Crippen molar-refractivity contribution in [2.75, 3.05) is 12.4 Å². The van der Waals surface area contributed by atoms with Gasteiger partial charge in [-0.3, -0.25) is 10.1 Å². The highest BCUT2D eigenvalue weighted by Gasteiger charge is 2.18. The highest BCUT2D eigenvalue weighted by atomic mass is 32.1. The zero-order chi connectivity index (χ0) is 16.4. The summed E-state index contributed by atoms with van der Waals surface area (Å²) in [5, 5.41) is 3.96. The highest BCUT2D eigenvalue weighted by molar-refractivity contribution is 7.17. The summed E-state index contributed by atoms with van der Waals surface area (Å²) in [5.74, 6) is -0.842. The molecule has 0 bridgehead atoms. The molecule has 7 heteroatoms. The largest absolute Gasteiger partial charge is 0.465 e. The van der Waals surface area contributed by atoms with Gasteiger partial charge in [-0.05, 0) is 19.1 Å². The summed E-state index contributed by atoms with van der Waals surface area (Å²) in [7, 11) is 1.30. The fourth-order valence-corrected chi connectivity index (χ4v) is 2.97. The first kappa shape index (κ1) is 15.1. The third-order valence-electron chi connectivity index (χ3n) is 3.22. The zero-order valence-corrected chi connectivity index (χ0v) is 13.3. The molecule has 3 rings (SSSR count). The van der Waals surface area contributed by atoms with Crippen molar-refractivity contribution in [1.82, 2.24) is 9.97 Å². The number of hydrogen-bond donors (Lipinski definition) is 1. The summed E-state index contributed by atoms with van der Waals surface area (Å²) >= 11 is 1.07. The fraction of sp³-hybridized carbons (Fsp3) is 0.125. The van der Waals surface area contributed by atoms with Crippen molar-refractivity contribution in [3.05, 3.63) is 52.7 Å². The number of methoxy groups -OCH3 is 1. The van der Waals surface area contributed by atoms with E-state index >= 15 is 0 Å². The number of carbonyl (C=O) groups is 2. The minimum Gasteiger partial charge on any atom is -0.465 e. The van der Waals surface area contributed by atoms with Crippen LogP contribution in [0, 0.1) is 6.92 Å². The lowest BCUT2D eigenvalue weighted by Crippen LogP contribution is -2.13. The molecule has 0 saturated heterocycles.